The summed E-state index contributed by atoms with van der Waals surface area (Å²) in [5.74, 6) is -0.572. The Morgan fingerprint density at radius 3 is 2.53 bits per heavy atom. The number of halogens is 1. The van der Waals surface area contributed by atoms with Gasteiger partial charge in [0.25, 0.3) is 0 Å². The first-order chi connectivity index (χ1) is 14.7. The van der Waals surface area contributed by atoms with Crippen LogP contribution in [0.5, 0.6) is 0 Å². The number of hydrogen-bond donors (Lipinski definition) is 1. The van der Waals surface area contributed by atoms with Gasteiger partial charge in [0.15, 0.2) is 0 Å². The van der Waals surface area contributed by atoms with E-state index in [1.165, 1.54) is 12.1 Å². The van der Waals surface area contributed by atoms with E-state index in [2.05, 4.69) is 35.1 Å². The third-order valence-corrected chi connectivity index (χ3v) is 5.51. The first-order valence-corrected chi connectivity index (χ1v) is 10.3. The summed E-state index contributed by atoms with van der Waals surface area (Å²) in [6, 6.07) is 24.6. The highest BCUT2D eigenvalue weighted by Gasteiger charge is 2.23. The fourth-order valence-electron chi connectivity index (χ4n) is 4.00. The van der Waals surface area contributed by atoms with E-state index < -0.39 is 0 Å². The van der Waals surface area contributed by atoms with Crippen LogP contribution in [-0.4, -0.2) is 10.5 Å². The first kappa shape index (κ1) is 19.9. The lowest BCUT2D eigenvalue weighted by Crippen LogP contribution is -2.25. The lowest BCUT2D eigenvalue weighted by molar-refractivity contribution is -0.121. The van der Waals surface area contributed by atoms with E-state index in [0.717, 1.165) is 34.1 Å². The molecule has 152 valence electrons. The number of para-hydroxylation sites is 1. The van der Waals surface area contributed by atoms with Crippen LogP contribution >= 0.6 is 0 Å². The summed E-state index contributed by atoms with van der Waals surface area (Å²) in [4.78, 5) is 12.9. The van der Waals surface area contributed by atoms with Crippen molar-refractivity contribution < 1.29 is 9.18 Å². The van der Waals surface area contributed by atoms with Crippen molar-refractivity contribution in [2.24, 2.45) is 0 Å². The highest BCUT2D eigenvalue weighted by atomic mass is 19.1. The molecule has 3 aromatic carbocycles. The molecule has 1 amide bonds. The number of carbonyl (C=O) groups excluding carboxylic acids is 1. The molecule has 0 aliphatic rings. The molecule has 0 bridgehead atoms. The van der Waals surface area contributed by atoms with E-state index in [-0.39, 0.29) is 24.1 Å². The number of hydrogen-bond acceptors (Lipinski definition) is 1. The SMILES string of the molecule is CCn1cc(C(CC(=O)NCc2ccccc2)c2cccc(F)c2)c2ccccc21. The third-order valence-electron chi connectivity index (χ3n) is 5.51. The highest BCUT2D eigenvalue weighted by Crippen LogP contribution is 2.35. The molecule has 3 nitrogen and oxygen atoms in total. The van der Waals surface area contributed by atoms with Gasteiger partial charge in [0.2, 0.25) is 5.91 Å². The average molecular weight is 400 g/mol. The van der Waals surface area contributed by atoms with Gasteiger partial charge in [-0.25, -0.2) is 4.39 Å². The molecule has 0 aliphatic heterocycles. The van der Waals surface area contributed by atoms with Crippen LogP contribution in [0.15, 0.2) is 85.1 Å². The second-order valence-electron chi connectivity index (χ2n) is 7.46. The number of carbonyl (C=O) groups is 1. The molecule has 4 heteroatoms. The molecule has 4 rings (SSSR count). The van der Waals surface area contributed by atoms with Crippen LogP contribution < -0.4 is 5.32 Å². The Balaban J connectivity index is 1.67. The molecular formula is C26H25FN2O. The van der Waals surface area contributed by atoms with Crippen molar-refractivity contribution in [2.45, 2.75) is 32.4 Å². The summed E-state index contributed by atoms with van der Waals surface area (Å²) < 4.78 is 16.2. The van der Waals surface area contributed by atoms with E-state index in [9.17, 15) is 9.18 Å². The molecule has 1 unspecified atom stereocenters. The monoisotopic (exact) mass is 400 g/mol. The minimum atomic E-state index is -0.290. The van der Waals surface area contributed by atoms with Gasteiger partial charge in [-0.1, -0.05) is 60.7 Å². The smallest absolute Gasteiger partial charge is 0.221 e. The molecule has 0 radical (unpaired) electrons. The van der Waals surface area contributed by atoms with Crippen LogP contribution in [0, 0.1) is 5.82 Å². The van der Waals surface area contributed by atoms with Gasteiger partial charge in [0, 0.05) is 42.5 Å². The maximum atomic E-state index is 14.0. The van der Waals surface area contributed by atoms with Gasteiger partial charge >= 0.3 is 0 Å². The second-order valence-corrected chi connectivity index (χ2v) is 7.46. The summed E-state index contributed by atoms with van der Waals surface area (Å²) in [5.41, 5.74) is 4.04. The summed E-state index contributed by atoms with van der Waals surface area (Å²) >= 11 is 0. The fourth-order valence-corrected chi connectivity index (χ4v) is 4.00. The maximum Gasteiger partial charge on any atom is 0.221 e. The first-order valence-electron chi connectivity index (χ1n) is 10.3. The minimum Gasteiger partial charge on any atom is -0.352 e. The largest absolute Gasteiger partial charge is 0.352 e. The van der Waals surface area contributed by atoms with Crippen molar-refractivity contribution >= 4 is 16.8 Å². The van der Waals surface area contributed by atoms with Gasteiger partial charge in [-0.05, 0) is 41.8 Å². The van der Waals surface area contributed by atoms with Crippen LogP contribution in [0.3, 0.4) is 0 Å². The van der Waals surface area contributed by atoms with Gasteiger partial charge in [-0.2, -0.15) is 0 Å². The normalized spacial score (nSPS) is 12.1. The Hall–Kier alpha value is -3.40. The molecule has 1 heterocycles. The number of nitrogens with one attached hydrogen (secondary N) is 1. The molecule has 4 aromatic rings. The summed E-state index contributed by atoms with van der Waals surface area (Å²) in [6.07, 6.45) is 2.36. The Labute approximate surface area is 176 Å². The zero-order valence-corrected chi connectivity index (χ0v) is 17.0. The number of aromatic nitrogens is 1. The molecule has 0 saturated carbocycles. The van der Waals surface area contributed by atoms with Crippen molar-refractivity contribution in [3.8, 4) is 0 Å². The van der Waals surface area contributed by atoms with Crippen LogP contribution in [0.1, 0.15) is 36.0 Å². The minimum absolute atomic E-state index is 0.0542. The van der Waals surface area contributed by atoms with Crippen LogP contribution in [0.25, 0.3) is 10.9 Å². The summed E-state index contributed by atoms with van der Waals surface area (Å²) in [5, 5.41) is 4.11. The number of fused-ring (bicyclic) bond motifs is 1. The van der Waals surface area contributed by atoms with Crippen LogP contribution in [0.4, 0.5) is 4.39 Å². The average Bonchev–Trinajstić information content (AvgIpc) is 3.15. The van der Waals surface area contributed by atoms with Crippen molar-refractivity contribution in [3.05, 3.63) is 108 Å². The number of rotatable bonds is 7. The summed E-state index contributed by atoms with van der Waals surface area (Å²) in [6.45, 7) is 3.41. The number of benzene rings is 3. The van der Waals surface area contributed by atoms with Gasteiger partial charge in [0.1, 0.15) is 5.82 Å². The number of nitrogens with zero attached hydrogens (tertiary/aromatic N) is 1. The predicted octanol–water partition coefficient (Wildman–Crippen LogP) is 5.64. The molecule has 0 spiro atoms. The number of amides is 1. The highest BCUT2D eigenvalue weighted by molar-refractivity contribution is 5.86. The quantitative estimate of drug-likeness (QED) is 0.428. The van der Waals surface area contributed by atoms with E-state index in [0.29, 0.717) is 6.54 Å². The Bertz CT molecular complexity index is 1150. The fraction of sp³-hybridized carbons (Fsp3) is 0.192. The zero-order valence-electron chi connectivity index (χ0n) is 17.0. The van der Waals surface area contributed by atoms with Gasteiger partial charge < -0.3 is 9.88 Å². The second kappa shape index (κ2) is 8.95. The van der Waals surface area contributed by atoms with E-state index >= 15 is 0 Å². The molecule has 0 saturated heterocycles. The Morgan fingerprint density at radius 1 is 1.00 bits per heavy atom. The van der Waals surface area contributed by atoms with Gasteiger partial charge in [-0.3, -0.25) is 4.79 Å². The van der Waals surface area contributed by atoms with Crippen LogP contribution in [-0.2, 0) is 17.9 Å². The van der Waals surface area contributed by atoms with Gasteiger partial charge in [-0.15, -0.1) is 0 Å². The van der Waals surface area contributed by atoms with Crippen molar-refractivity contribution in [1.29, 1.82) is 0 Å². The molecule has 0 fully saturated rings. The zero-order chi connectivity index (χ0) is 20.9. The van der Waals surface area contributed by atoms with E-state index in [1.54, 1.807) is 6.07 Å². The Morgan fingerprint density at radius 2 is 1.77 bits per heavy atom. The molecule has 30 heavy (non-hydrogen) atoms. The van der Waals surface area contributed by atoms with Gasteiger partial charge in [0.05, 0.1) is 0 Å². The van der Waals surface area contributed by atoms with Crippen molar-refractivity contribution in [1.82, 2.24) is 9.88 Å². The number of aryl methyl sites for hydroxylation is 1. The van der Waals surface area contributed by atoms with E-state index in [1.807, 2.05) is 48.5 Å². The summed E-state index contributed by atoms with van der Waals surface area (Å²) in [7, 11) is 0. The van der Waals surface area contributed by atoms with Crippen molar-refractivity contribution in [3.63, 3.8) is 0 Å². The standard InChI is InChI=1S/C26H25FN2O/c1-2-29-18-24(22-13-6-7-14-25(22)29)23(20-11-8-12-21(27)15-20)16-26(30)28-17-19-9-4-3-5-10-19/h3-15,18,23H,2,16-17H2,1H3,(H,28,30). The molecule has 1 atom stereocenters. The lowest BCUT2D eigenvalue weighted by atomic mass is 9.88. The molecule has 1 N–H and O–H groups in total. The van der Waals surface area contributed by atoms with Crippen molar-refractivity contribution in [2.75, 3.05) is 0 Å². The molecular weight excluding hydrogens is 375 g/mol. The van der Waals surface area contributed by atoms with Crippen LogP contribution in [0.2, 0.25) is 0 Å². The molecule has 0 aliphatic carbocycles. The lowest BCUT2D eigenvalue weighted by Gasteiger charge is -2.17. The Kier molecular flexibility index (Phi) is 5.94. The maximum absolute atomic E-state index is 14.0. The predicted molar refractivity (Wildman–Crippen MR) is 119 cm³/mol. The topological polar surface area (TPSA) is 34.0 Å². The van der Waals surface area contributed by atoms with E-state index in [4.69, 9.17) is 0 Å². The third kappa shape index (κ3) is 4.28. The molecule has 1 aromatic heterocycles.